The van der Waals surface area contributed by atoms with Crippen LogP contribution in [0, 0.1) is 11.3 Å². The average molecular weight is 335 g/mol. The first-order valence-corrected chi connectivity index (χ1v) is 8.55. The minimum atomic E-state index is -0.152. The maximum atomic E-state index is 12.1. The van der Waals surface area contributed by atoms with Gasteiger partial charge >= 0.3 is 0 Å². The molecule has 0 saturated carbocycles. The summed E-state index contributed by atoms with van der Waals surface area (Å²) in [5, 5.41) is 19.8. The Hall–Kier alpha value is -2.68. The van der Waals surface area contributed by atoms with Gasteiger partial charge in [-0.15, -0.1) is 11.3 Å². The number of nitrogens with one attached hydrogen (secondary N) is 2. The van der Waals surface area contributed by atoms with E-state index in [0.717, 1.165) is 5.56 Å². The maximum Gasteiger partial charge on any atom is 0.238 e. The number of benzene rings is 2. The monoisotopic (exact) mass is 335 g/mol. The van der Waals surface area contributed by atoms with Gasteiger partial charge in [-0.05, 0) is 34.7 Å². The van der Waals surface area contributed by atoms with Gasteiger partial charge in [0, 0.05) is 6.04 Å². The van der Waals surface area contributed by atoms with Crippen molar-refractivity contribution in [1.29, 1.82) is 5.26 Å². The molecule has 0 unspecified atom stereocenters. The molecule has 120 valence electrons. The lowest BCUT2D eigenvalue weighted by Crippen LogP contribution is -2.30. The van der Waals surface area contributed by atoms with Gasteiger partial charge in [0.15, 0.2) is 0 Å². The highest BCUT2D eigenvalue weighted by Gasteiger charge is 2.12. The van der Waals surface area contributed by atoms with Crippen molar-refractivity contribution < 1.29 is 4.79 Å². The summed E-state index contributed by atoms with van der Waals surface area (Å²) in [6, 6.07) is 18.2. The number of fused-ring (bicyclic) bond motifs is 1. The molecule has 0 fully saturated rings. The van der Waals surface area contributed by atoms with Crippen LogP contribution in [0.1, 0.15) is 24.1 Å². The zero-order valence-corrected chi connectivity index (χ0v) is 14.1. The zero-order valence-electron chi connectivity index (χ0n) is 13.2. The summed E-state index contributed by atoms with van der Waals surface area (Å²) < 4.78 is 0. The number of hydrogen-bond donors (Lipinski definition) is 2. The summed E-state index contributed by atoms with van der Waals surface area (Å²) in [6.07, 6.45) is 0. The molecule has 24 heavy (non-hydrogen) atoms. The fraction of sp³-hybridized carbons (Fsp3) is 0.158. The van der Waals surface area contributed by atoms with Crippen LogP contribution in [0.5, 0.6) is 0 Å². The van der Waals surface area contributed by atoms with Crippen molar-refractivity contribution in [2.24, 2.45) is 0 Å². The van der Waals surface area contributed by atoms with Crippen molar-refractivity contribution in [3.05, 3.63) is 65.0 Å². The third kappa shape index (κ3) is 3.46. The molecule has 1 heterocycles. The van der Waals surface area contributed by atoms with E-state index < -0.39 is 0 Å². The molecule has 4 nitrogen and oxygen atoms in total. The van der Waals surface area contributed by atoms with E-state index in [1.807, 2.05) is 25.1 Å². The molecule has 2 aromatic carbocycles. The highest BCUT2D eigenvalue weighted by Crippen LogP contribution is 2.24. The molecular formula is C19H17N3OS. The summed E-state index contributed by atoms with van der Waals surface area (Å²) in [7, 11) is 0. The van der Waals surface area contributed by atoms with E-state index in [4.69, 9.17) is 5.26 Å². The van der Waals surface area contributed by atoms with Gasteiger partial charge in [0.25, 0.3) is 0 Å². The summed E-state index contributed by atoms with van der Waals surface area (Å²) in [5.74, 6) is -0.152. The Morgan fingerprint density at radius 3 is 2.83 bits per heavy atom. The van der Waals surface area contributed by atoms with Gasteiger partial charge in [-0.25, -0.2) is 0 Å². The molecule has 1 atom stereocenters. The van der Waals surface area contributed by atoms with Crippen LogP contribution in [-0.2, 0) is 4.79 Å². The number of carbonyl (C=O) groups is 1. The normalized spacial score (nSPS) is 11.8. The Morgan fingerprint density at radius 1 is 1.21 bits per heavy atom. The number of thiophene rings is 1. The molecule has 0 saturated heterocycles. The molecule has 0 spiro atoms. The highest BCUT2D eigenvalue weighted by molar-refractivity contribution is 7.14. The summed E-state index contributed by atoms with van der Waals surface area (Å²) in [6.45, 7) is 2.23. The van der Waals surface area contributed by atoms with Crippen LogP contribution in [0.2, 0.25) is 0 Å². The first-order valence-electron chi connectivity index (χ1n) is 7.67. The fourth-order valence-corrected chi connectivity index (χ4v) is 3.40. The minimum Gasteiger partial charge on any atom is -0.315 e. The average Bonchev–Trinajstić information content (AvgIpc) is 3.06. The number of hydrogen-bond acceptors (Lipinski definition) is 4. The number of nitriles is 1. The van der Waals surface area contributed by atoms with Crippen molar-refractivity contribution >= 4 is 33.0 Å². The molecule has 0 aliphatic heterocycles. The van der Waals surface area contributed by atoms with E-state index in [-0.39, 0.29) is 18.5 Å². The Balaban J connectivity index is 1.66. The molecular weight excluding hydrogens is 318 g/mol. The number of amides is 1. The third-order valence-electron chi connectivity index (χ3n) is 3.90. The maximum absolute atomic E-state index is 12.1. The van der Waals surface area contributed by atoms with Crippen LogP contribution in [0.4, 0.5) is 5.00 Å². The lowest BCUT2D eigenvalue weighted by molar-refractivity contribution is -0.115. The third-order valence-corrected chi connectivity index (χ3v) is 4.73. The Bertz CT molecular complexity index is 905. The van der Waals surface area contributed by atoms with Crippen molar-refractivity contribution in [2.45, 2.75) is 13.0 Å². The van der Waals surface area contributed by atoms with Gasteiger partial charge in [-0.2, -0.15) is 5.26 Å². The van der Waals surface area contributed by atoms with Crippen LogP contribution in [0.25, 0.3) is 10.8 Å². The van der Waals surface area contributed by atoms with Gasteiger partial charge in [0.2, 0.25) is 5.91 Å². The van der Waals surface area contributed by atoms with Gasteiger partial charge in [0.05, 0.1) is 12.1 Å². The van der Waals surface area contributed by atoms with E-state index in [1.165, 1.54) is 22.1 Å². The molecule has 0 aliphatic carbocycles. The van der Waals surface area contributed by atoms with E-state index in [2.05, 4.69) is 41.0 Å². The fourth-order valence-electron chi connectivity index (χ4n) is 2.65. The first-order chi connectivity index (χ1) is 11.7. The first kappa shape index (κ1) is 16.2. The molecule has 2 N–H and O–H groups in total. The van der Waals surface area contributed by atoms with Crippen LogP contribution in [0.15, 0.2) is 53.9 Å². The van der Waals surface area contributed by atoms with Gasteiger partial charge in [-0.1, -0.05) is 42.5 Å². The lowest BCUT2D eigenvalue weighted by atomic mass is 10.00. The topological polar surface area (TPSA) is 64.9 Å². The Morgan fingerprint density at radius 2 is 2.00 bits per heavy atom. The highest BCUT2D eigenvalue weighted by atomic mass is 32.1. The van der Waals surface area contributed by atoms with Gasteiger partial charge in [0.1, 0.15) is 11.1 Å². The standard InChI is InChI=1S/C19H17N3OS/c1-13(16-8-4-6-14-5-2-3-7-17(14)16)21-12-18(23)22-19-15(11-20)9-10-24-19/h2-10,13,21H,12H2,1H3,(H,22,23)/t13-/m1/s1. The van der Waals surface area contributed by atoms with Gasteiger partial charge < -0.3 is 10.6 Å². The van der Waals surface area contributed by atoms with Crippen LogP contribution in [-0.4, -0.2) is 12.5 Å². The van der Waals surface area contributed by atoms with Crippen molar-refractivity contribution in [2.75, 3.05) is 11.9 Å². The molecule has 3 aromatic rings. The van der Waals surface area contributed by atoms with Crippen molar-refractivity contribution in [3.63, 3.8) is 0 Å². The number of anilines is 1. The zero-order chi connectivity index (χ0) is 16.9. The Kier molecular flexibility index (Phi) is 4.90. The molecule has 5 heteroatoms. The molecule has 1 aromatic heterocycles. The summed E-state index contributed by atoms with van der Waals surface area (Å²) in [5.41, 5.74) is 1.66. The van der Waals surface area contributed by atoms with E-state index in [1.54, 1.807) is 11.4 Å². The Labute approximate surface area is 144 Å². The van der Waals surface area contributed by atoms with Crippen LogP contribution < -0.4 is 10.6 Å². The smallest absolute Gasteiger partial charge is 0.238 e. The lowest BCUT2D eigenvalue weighted by Gasteiger charge is -2.16. The molecule has 1 amide bonds. The van der Waals surface area contributed by atoms with E-state index in [0.29, 0.717) is 10.6 Å². The molecule has 0 radical (unpaired) electrons. The van der Waals surface area contributed by atoms with Crippen molar-refractivity contribution in [3.8, 4) is 6.07 Å². The van der Waals surface area contributed by atoms with Crippen LogP contribution in [0.3, 0.4) is 0 Å². The molecule has 0 aliphatic rings. The number of carbonyl (C=O) groups excluding carboxylic acids is 1. The van der Waals surface area contributed by atoms with Crippen molar-refractivity contribution in [1.82, 2.24) is 5.32 Å². The minimum absolute atomic E-state index is 0.0422. The summed E-state index contributed by atoms with van der Waals surface area (Å²) in [4.78, 5) is 12.1. The predicted molar refractivity (Wildman–Crippen MR) is 98.0 cm³/mol. The summed E-state index contributed by atoms with van der Waals surface area (Å²) >= 11 is 1.35. The largest absolute Gasteiger partial charge is 0.315 e. The SMILES string of the molecule is C[C@@H](NCC(=O)Nc1sccc1C#N)c1cccc2ccccc12. The number of rotatable bonds is 5. The molecule has 0 bridgehead atoms. The predicted octanol–water partition coefficient (Wildman–Crippen LogP) is 4.06. The number of nitrogens with zero attached hydrogens (tertiary/aromatic N) is 1. The second-order valence-corrected chi connectivity index (χ2v) is 6.41. The van der Waals surface area contributed by atoms with E-state index in [9.17, 15) is 4.79 Å². The van der Waals surface area contributed by atoms with E-state index >= 15 is 0 Å². The second-order valence-electron chi connectivity index (χ2n) is 5.49. The molecule has 3 rings (SSSR count). The van der Waals surface area contributed by atoms with Crippen LogP contribution >= 0.6 is 11.3 Å². The van der Waals surface area contributed by atoms with Gasteiger partial charge in [-0.3, -0.25) is 4.79 Å². The second kappa shape index (κ2) is 7.26. The quantitative estimate of drug-likeness (QED) is 0.739.